The van der Waals surface area contributed by atoms with Crippen LogP contribution in [0.2, 0.25) is 0 Å². The molecule has 17 heavy (non-hydrogen) atoms. The van der Waals surface area contributed by atoms with E-state index in [2.05, 4.69) is 15.5 Å². The van der Waals surface area contributed by atoms with Gasteiger partial charge in [-0.15, -0.1) is 0 Å². The second-order valence-electron chi connectivity index (χ2n) is 3.49. The van der Waals surface area contributed by atoms with Crippen molar-refractivity contribution < 1.29 is 9.47 Å². The van der Waals surface area contributed by atoms with Crippen LogP contribution < -0.4 is 14.8 Å². The van der Waals surface area contributed by atoms with Gasteiger partial charge in [0, 0.05) is 18.7 Å². The lowest BCUT2D eigenvalue weighted by Crippen LogP contribution is -1.90. The van der Waals surface area contributed by atoms with Gasteiger partial charge in [0.2, 0.25) is 0 Å². The number of methoxy groups -OCH3 is 2. The number of nitrogens with zero attached hydrogens (tertiary/aromatic N) is 1. The molecule has 0 saturated heterocycles. The minimum Gasteiger partial charge on any atom is -0.493 e. The molecule has 0 aliphatic rings. The zero-order chi connectivity index (χ0) is 12.3. The molecule has 0 amide bonds. The molecule has 5 nitrogen and oxygen atoms in total. The van der Waals surface area contributed by atoms with Gasteiger partial charge >= 0.3 is 0 Å². The van der Waals surface area contributed by atoms with Gasteiger partial charge in [0.15, 0.2) is 11.5 Å². The average molecular weight is 233 g/mol. The Kier molecular flexibility index (Phi) is 3.18. The molecule has 1 aromatic heterocycles. The number of nitrogens with one attached hydrogen (secondary N) is 2. The lowest BCUT2D eigenvalue weighted by molar-refractivity contribution is 0.355. The molecule has 0 saturated carbocycles. The van der Waals surface area contributed by atoms with E-state index in [9.17, 15) is 0 Å². The maximum atomic E-state index is 5.26. The number of hydrogen-bond donors (Lipinski definition) is 2. The van der Waals surface area contributed by atoms with E-state index < -0.39 is 0 Å². The Morgan fingerprint density at radius 3 is 2.47 bits per heavy atom. The summed E-state index contributed by atoms with van der Waals surface area (Å²) in [6.45, 7) is 0. The SMILES string of the molecule is CNc1cc(-c2ccc(OC)c(OC)c2)[nH]n1. The molecular weight excluding hydrogens is 218 g/mol. The van der Waals surface area contributed by atoms with Crippen LogP contribution in [0.15, 0.2) is 24.3 Å². The Hall–Kier alpha value is -2.17. The number of rotatable bonds is 4. The van der Waals surface area contributed by atoms with Crippen LogP contribution in [0.5, 0.6) is 11.5 Å². The molecule has 90 valence electrons. The average Bonchev–Trinajstić information content (AvgIpc) is 2.86. The van der Waals surface area contributed by atoms with E-state index in [1.807, 2.05) is 31.3 Å². The van der Waals surface area contributed by atoms with Crippen molar-refractivity contribution in [3.63, 3.8) is 0 Å². The molecule has 2 rings (SSSR count). The lowest BCUT2D eigenvalue weighted by atomic mass is 10.1. The van der Waals surface area contributed by atoms with E-state index in [0.717, 1.165) is 17.1 Å². The summed E-state index contributed by atoms with van der Waals surface area (Å²) in [5.74, 6) is 2.21. The van der Waals surface area contributed by atoms with Crippen molar-refractivity contribution >= 4 is 5.82 Å². The van der Waals surface area contributed by atoms with Crippen LogP contribution in [0.25, 0.3) is 11.3 Å². The first-order chi connectivity index (χ1) is 8.28. The summed E-state index contributed by atoms with van der Waals surface area (Å²) in [7, 11) is 5.06. The van der Waals surface area contributed by atoms with Gasteiger partial charge in [-0.1, -0.05) is 0 Å². The number of H-pyrrole nitrogens is 1. The van der Waals surface area contributed by atoms with E-state index in [1.165, 1.54) is 0 Å². The third kappa shape index (κ3) is 2.18. The molecular formula is C12H15N3O2. The van der Waals surface area contributed by atoms with Gasteiger partial charge in [-0.05, 0) is 18.2 Å². The van der Waals surface area contributed by atoms with E-state index in [-0.39, 0.29) is 0 Å². The minimum absolute atomic E-state index is 0.700. The summed E-state index contributed by atoms with van der Waals surface area (Å²) in [6, 6.07) is 7.66. The highest BCUT2D eigenvalue weighted by atomic mass is 16.5. The van der Waals surface area contributed by atoms with Gasteiger partial charge in [-0.2, -0.15) is 5.10 Å². The van der Waals surface area contributed by atoms with Crippen molar-refractivity contribution in [3.8, 4) is 22.8 Å². The fourth-order valence-corrected chi connectivity index (χ4v) is 1.60. The molecule has 1 aromatic carbocycles. The Morgan fingerprint density at radius 1 is 1.12 bits per heavy atom. The highest BCUT2D eigenvalue weighted by Crippen LogP contribution is 2.31. The summed E-state index contributed by atoms with van der Waals surface area (Å²) >= 11 is 0. The van der Waals surface area contributed by atoms with E-state index in [4.69, 9.17) is 9.47 Å². The highest BCUT2D eigenvalue weighted by Gasteiger charge is 2.08. The van der Waals surface area contributed by atoms with Crippen LogP contribution >= 0.6 is 0 Å². The maximum Gasteiger partial charge on any atom is 0.161 e. The van der Waals surface area contributed by atoms with Crippen molar-refractivity contribution in [1.82, 2.24) is 10.2 Å². The van der Waals surface area contributed by atoms with Crippen molar-refractivity contribution in [2.75, 3.05) is 26.6 Å². The van der Waals surface area contributed by atoms with E-state index in [0.29, 0.717) is 11.5 Å². The summed E-state index contributed by atoms with van der Waals surface area (Å²) in [5, 5.41) is 10.0. The minimum atomic E-state index is 0.700. The normalized spacial score (nSPS) is 10.1. The first-order valence-electron chi connectivity index (χ1n) is 5.24. The molecule has 0 unspecified atom stereocenters. The fraction of sp³-hybridized carbons (Fsp3) is 0.250. The third-order valence-electron chi connectivity index (χ3n) is 2.53. The number of aromatic nitrogens is 2. The molecule has 2 N–H and O–H groups in total. The molecule has 2 aromatic rings. The number of aromatic amines is 1. The topological polar surface area (TPSA) is 59.2 Å². The number of benzene rings is 1. The molecule has 5 heteroatoms. The predicted molar refractivity (Wildman–Crippen MR) is 66.7 cm³/mol. The number of anilines is 1. The van der Waals surface area contributed by atoms with Gasteiger partial charge in [0.1, 0.15) is 5.82 Å². The molecule has 1 heterocycles. The van der Waals surface area contributed by atoms with Crippen molar-refractivity contribution in [2.45, 2.75) is 0 Å². The quantitative estimate of drug-likeness (QED) is 0.849. The first kappa shape index (κ1) is 11.3. The third-order valence-corrected chi connectivity index (χ3v) is 2.53. The molecule has 0 bridgehead atoms. The Morgan fingerprint density at radius 2 is 1.88 bits per heavy atom. The molecule has 0 spiro atoms. The predicted octanol–water partition coefficient (Wildman–Crippen LogP) is 2.14. The van der Waals surface area contributed by atoms with Crippen LogP contribution in [-0.2, 0) is 0 Å². The van der Waals surface area contributed by atoms with Crippen molar-refractivity contribution in [1.29, 1.82) is 0 Å². The zero-order valence-electron chi connectivity index (χ0n) is 10.1. The fourth-order valence-electron chi connectivity index (χ4n) is 1.60. The van der Waals surface area contributed by atoms with Gasteiger partial charge < -0.3 is 14.8 Å². The van der Waals surface area contributed by atoms with E-state index in [1.54, 1.807) is 14.2 Å². The Balaban J connectivity index is 2.38. The Labute approximate surface area is 99.8 Å². The van der Waals surface area contributed by atoms with Gasteiger partial charge in [-0.25, -0.2) is 0 Å². The second kappa shape index (κ2) is 4.78. The van der Waals surface area contributed by atoms with Crippen LogP contribution in [0.1, 0.15) is 0 Å². The number of ether oxygens (including phenoxy) is 2. The summed E-state index contributed by atoms with van der Waals surface area (Å²) in [4.78, 5) is 0. The highest BCUT2D eigenvalue weighted by molar-refractivity contribution is 5.66. The monoisotopic (exact) mass is 233 g/mol. The smallest absolute Gasteiger partial charge is 0.161 e. The summed E-state index contributed by atoms with van der Waals surface area (Å²) in [6.07, 6.45) is 0. The van der Waals surface area contributed by atoms with E-state index >= 15 is 0 Å². The number of hydrogen-bond acceptors (Lipinski definition) is 4. The summed E-state index contributed by atoms with van der Waals surface area (Å²) < 4.78 is 10.4. The van der Waals surface area contributed by atoms with Gasteiger partial charge in [0.05, 0.1) is 19.9 Å². The van der Waals surface area contributed by atoms with Crippen LogP contribution in [-0.4, -0.2) is 31.5 Å². The standard InChI is InChI=1S/C12H15N3O2/c1-13-12-7-9(14-15-12)8-4-5-10(16-2)11(6-8)17-3/h4-7H,1-3H3,(H2,13,14,15). The maximum absolute atomic E-state index is 5.26. The molecule has 0 radical (unpaired) electrons. The van der Waals surface area contributed by atoms with Crippen LogP contribution in [0.4, 0.5) is 5.82 Å². The lowest BCUT2D eigenvalue weighted by Gasteiger charge is -2.08. The van der Waals surface area contributed by atoms with Crippen molar-refractivity contribution in [2.24, 2.45) is 0 Å². The van der Waals surface area contributed by atoms with Crippen LogP contribution in [0.3, 0.4) is 0 Å². The molecule has 0 aliphatic carbocycles. The van der Waals surface area contributed by atoms with Crippen molar-refractivity contribution in [3.05, 3.63) is 24.3 Å². The summed E-state index contributed by atoms with van der Waals surface area (Å²) in [5.41, 5.74) is 1.92. The largest absolute Gasteiger partial charge is 0.493 e. The molecule has 0 fully saturated rings. The van der Waals surface area contributed by atoms with Gasteiger partial charge in [0.25, 0.3) is 0 Å². The Bertz CT molecular complexity index is 508. The van der Waals surface area contributed by atoms with Crippen LogP contribution in [0, 0.1) is 0 Å². The molecule has 0 atom stereocenters. The zero-order valence-corrected chi connectivity index (χ0v) is 10.1. The second-order valence-corrected chi connectivity index (χ2v) is 3.49. The molecule has 0 aliphatic heterocycles. The van der Waals surface area contributed by atoms with Gasteiger partial charge in [-0.3, -0.25) is 5.10 Å². The first-order valence-corrected chi connectivity index (χ1v) is 5.24.